The molecule has 0 radical (unpaired) electrons. The van der Waals surface area contributed by atoms with Crippen LogP contribution in [0.3, 0.4) is 0 Å². The van der Waals surface area contributed by atoms with Crippen LogP contribution in [0, 0.1) is 22.7 Å². The van der Waals surface area contributed by atoms with E-state index in [9.17, 15) is 0 Å². The average molecular weight is 256 g/mol. The summed E-state index contributed by atoms with van der Waals surface area (Å²) in [5.74, 6) is 0. The van der Waals surface area contributed by atoms with Crippen LogP contribution in [-0.4, -0.2) is 18.9 Å². The lowest BCUT2D eigenvalue weighted by atomic mass is 9.90. The molecule has 1 saturated heterocycles. The van der Waals surface area contributed by atoms with Crippen LogP contribution in [-0.2, 0) is 9.31 Å². The number of hydrogen-bond donors (Lipinski definition) is 0. The van der Waals surface area contributed by atoms with Gasteiger partial charge in [-0.2, -0.15) is 10.5 Å². The minimum atomic E-state index is -0.132. The van der Waals surface area contributed by atoms with Crippen LogP contribution in [0.25, 0.3) is 0 Å². The molecule has 98 valence electrons. The van der Waals surface area contributed by atoms with Crippen molar-refractivity contribution < 1.29 is 9.31 Å². The molecule has 0 aliphatic carbocycles. The number of benzene rings is 1. The molecule has 0 unspecified atom stereocenters. The van der Waals surface area contributed by atoms with E-state index >= 15 is 0 Å². The first kappa shape index (κ1) is 15.2. The highest BCUT2D eigenvalue weighted by molar-refractivity contribution is 6.19. The highest BCUT2D eigenvalue weighted by Crippen LogP contribution is 2.33. The summed E-state index contributed by atoms with van der Waals surface area (Å²) < 4.78 is 10.7. The van der Waals surface area contributed by atoms with E-state index < -0.39 is 0 Å². The number of nitriles is 2. The lowest BCUT2D eigenvalue weighted by molar-refractivity contribution is 0.00578. The zero-order valence-electron chi connectivity index (χ0n) is 11.7. The van der Waals surface area contributed by atoms with Crippen LogP contribution >= 0.6 is 0 Å². The third-order valence-corrected chi connectivity index (χ3v) is 3.41. The van der Waals surface area contributed by atoms with E-state index in [-0.39, 0.29) is 11.2 Å². The van der Waals surface area contributed by atoms with Crippen molar-refractivity contribution >= 4 is 7.69 Å². The molecule has 4 nitrogen and oxygen atoms in total. The van der Waals surface area contributed by atoms with Gasteiger partial charge in [-0.1, -0.05) is 6.07 Å². The quantitative estimate of drug-likeness (QED) is 0.668. The Hall–Kier alpha value is -1.82. The summed E-state index contributed by atoms with van der Waals surface area (Å²) in [7, 11) is 0.431. The first-order valence-electron chi connectivity index (χ1n) is 6.00. The zero-order chi connectivity index (χ0) is 14.5. The summed E-state index contributed by atoms with van der Waals surface area (Å²) >= 11 is 0. The van der Waals surface area contributed by atoms with Gasteiger partial charge in [-0.15, -0.1) is 0 Å². The molecule has 0 spiro atoms. The van der Waals surface area contributed by atoms with Gasteiger partial charge >= 0.3 is 7.69 Å². The van der Waals surface area contributed by atoms with Gasteiger partial charge < -0.3 is 9.31 Å². The second-order valence-corrected chi connectivity index (χ2v) is 5.23. The van der Waals surface area contributed by atoms with E-state index in [1.165, 1.54) is 0 Å². The van der Waals surface area contributed by atoms with Crippen LogP contribution < -0.4 is 0 Å². The predicted octanol–water partition coefficient (Wildman–Crippen LogP) is 2.29. The fourth-order valence-corrected chi connectivity index (χ4v) is 1.33. The third-order valence-electron chi connectivity index (χ3n) is 3.41. The van der Waals surface area contributed by atoms with E-state index in [0.717, 1.165) is 0 Å². The maximum atomic E-state index is 8.40. The Morgan fingerprint density at radius 3 is 1.63 bits per heavy atom. The van der Waals surface area contributed by atoms with E-state index in [4.69, 9.17) is 19.8 Å². The average Bonchev–Trinajstić information content (AvgIpc) is 2.62. The van der Waals surface area contributed by atoms with Gasteiger partial charge in [0.05, 0.1) is 34.5 Å². The first-order valence-corrected chi connectivity index (χ1v) is 6.00. The van der Waals surface area contributed by atoms with E-state index in [0.29, 0.717) is 18.8 Å². The molecule has 1 aliphatic rings. The minimum Gasteiger partial charge on any atom is -0.406 e. The van der Waals surface area contributed by atoms with Crippen LogP contribution in [0.4, 0.5) is 0 Å². The van der Waals surface area contributed by atoms with Crippen LogP contribution in [0.15, 0.2) is 24.3 Å². The maximum absolute atomic E-state index is 8.40. The smallest absolute Gasteiger partial charge is 0.406 e. The first-order chi connectivity index (χ1) is 8.82. The zero-order valence-corrected chi connectivity index (χ0v) is 11.7. The van der Waals surface area contributed by atoms with Crippen LogP contribution in [0.5, 0.6) is 0 Å². The van der Waals surface area contributed by atoms with Gasteiger partial charge in [-0.3, -0.25) is 0 Å². The topological polar surface area (TPSA) is 66.0 Å². The summed E-state index contributed by atoms with van der Waals surface area (Å²) in [5, 5.41) is 16.8. The Morgan fingerprint density at radius 2 is 1.37 bits per heavy atom. The third kappa shape index (κ3) is 3.82. The molecule has 0 atom stereocenters. The normalized spacial score (nSPS) is 18.2. The molecule has 0 saturated carbocycles. The number of rotatable bonds is 0. The molecule has 0 N–H and O–H groups in total. The SMILES string of the molecule is CC1(C)OBOC1(C)C.N#Cc1cccc(C#N)c1. The molecule has 2 rings (SSSR count). The van der Waals surface area contributed by atoms with Crippen molar-refractivity contribution in [2.45, 2.75) is 38.9 Å². The Labute approximate surface area is 114 Å². The highest BCUT2D eigenvalue weighted by atomic mass is 16.7. The van der Waals surface area contributed by atoms with Gasteiger partial charge in [0.25, 0.3) is 0 Å². The molecule has 1 aliphatic heterocycles. The van der Waals surface area contributed by atoms with Crippen molar-refractivity contribution in [3.63, 3.8) is 0 Å². The second kappa shape index (κ2) is 5.88. The Balaban J connectivity index is 0.000000191. The van der Waals surface area contributed by atoms with Crippen molar-refractivity contribution in [1.82, 2.24) is 0 Å². The van der Waals surface area contributed by atoms with Gasteiger partial charge in [0.1, 0.15) is 0 Å². The largest absolute Gasteiger partial charge is 0.439 e. The number of nitrogens with zero attached hydrogens (tertiary/aromatic N) is 2. The molecule has 1 aromatic carbocycles. The predicted molar refractivity (Wildman–Crippen MR) is 73.3 cm³/mol. The van der Waals surface area contributed by atoms with Crippen molar-refractivity contribution in [1.29, 1.82) is 10.5 Å². The fourth-order valence-electron chi connectivity index (χ4n) is 1.33. The molecule has 19 heavy (non-hydrogen) atoms. The second-order valence-electron chi connectivity index (χ2n) is 5.23. The highest BCUT2D eigenvalue weighted by Gasteiger charge is 2.44. The Morgan fingerprint density at radius 1 is 0.947 bits per heavy atom. The summed E-state index contributed by atoms with van der Waals surface area (Å²) in [6.07, 6.45) is 0. The lowest BCUT2D eigenvalue weighted by Crippen LogP contribution is -2.41. The van der Waals surface area contributed by atoms with Gasteiger partial charge in [0, 0.05) is 0 Å². The summed E-state index contributed by atoms with van der Waals surface area (Å²) in [5.41, 5.74) is 0.790. The van der Waals surface area contributed by atoms with Gasteiger partial charge in [-0.05, 0) is 45.9 Å². The Bertz CT molecular complexity index is 484. The van der Waals surface area contributed by atoms with Crippen LogP contribution in [0.2, 0.25) is 0 Å². The minimum absolute atomic E-state index is 0.132. The summed E-state index contributed by atoms with van der Waals surface area (Å²) in [6.45, 7) is 8.17. The summed E-state index contributed by atoms with van der Waals surface area (Å²) in [4.78, 5) is 0. The fraction of sp³-hybridized carbons (Fsp3) is 0.429. The van der Waals surface area contributed by atoms with Gasteiger partial charge in [0.15, 0.2) is 0 Å². The molecule has 5 heteroatoms. The van der Waals surface area contributed by atoms with Gasteiger partial charge in [0.2, 0.25) is 0 Å². The van der Waals surface area contributed by atoms with Gasteiger partial charge in [-0.25, -0.2) is 0 Å². The molecule has 0 bridgehead atoms. The monoisotopic (exact) mass is 256 g/mol. The maximum Gasteiger partial charge on any atom is 0.439 e. The van der Waals surface area contributed by atoms with E-state index in [2.05, 4.69) is 0 Å². The molecule has 0 amide bonds. The van der Waals surface area contributed by atoms with Crippen molar-refractivity contribution in [3.8, 4) is 12.1 Å². The van der Waals surface area contributed by atoms with Crippen molar-refractivity contribution in [2.24, 2.45) is 0 Å². The van der Waals surface area contributed by atoms with Crippen molar-refractivity contribution in [3.05, 3.63) is 35.4 Å². The molecule has 1 heterocycles. The number of hydrogen-bond acceptors (Lipinski definition) is 4. The standard InChI is InChI=1S/C8H4N2.C6H13BO2/c9-5-7-2-1-3-8(4-7)6-10;1-5(2)6(3,4)9-7-8-5/h1-4H;7H,1-4H3. The van der Waals surface area contributed by atoms with Crippen LogP contribution in [0.1, 0.15) is 38.8 Å². The van der Waals surface area contributed by atoms with E-state index in [1.54, 1.807) is 24.3 Å². The molecule has 1 fully saturated rings. The van der Waals surface area contributed by atoms with E-state index in [1.807, 2.05) is 39.8 Å². The summed E-state index contributed by atoms with van der Waals surface area (Å²) in [6, 6.07) is 10.5. The molecular formula is C14H17BN2O2. The Kier molecular flexibility index (Phi) is 4.72. The molecule has 1 aromatic rings. The molecular weight excluding hydrogens is 239 g/mol. The molecule has 0 aromatic heterocycles. The lowest BCUT2D eigenvalue weighted by Gasteiger charge is -2.32. The van der Waals surface area contributed by atoms with Crippen molar-refractivity contribution in [2.75, 3.05) is 0 Å².